The number of hydrogen-bond donors (Lipinski definition) is 2. The Kier molecular flexibility index (Phi) is 6.63. The fourth-order valence-electron chi connectivity index (χ4n) is 2.35. The zero-order valence-electron chi connectivity index (χ0n) is 11.0. The molecule has 19 heavy (non-hydrogen) atoms. The van der Waals surface area contributed by atoms with Crippen LogP contribution >= 0.6 is 24.0 Å². The molecule has 1 aliphatic rings. The van der Waals surface area contributed by atoms with Crippen LogP contribution in [0.1, 0.15) is 25.3 Å². The number of nitrogens with one attached hydrogen (secondary N) is 2. The van der Waals surface area contributed by atoms with E-state index >= 15 is 0 Å². The van der Waals surface area contributed by atoms with Gasteiger partial charge in [0, 0.05) is 23.5 Å². The van der Waals surface area contributed by atoms with E-state index in [1.807, 2.05) is 24.3 Å². The van der Waals surface area contributed by atoms with Gasteiger partial charge in [0.25, 0.3) is 0 Å². The first-order valence-corrected chi connectivity index (χ1v) is 6.78. The van der Waals surface area contributed by atoms with Crippen molar-refractivity contribution in [1.82, 2.24) is 10.6 Å². The number of halogens is 2. The molecule has 3 nitrogen and oxygen atoms in total. The maximum absolute atomic E-state index is 12.0. The molecule has 106 valence electrons. The lowest BCUT2D eigenvalue weighted by Gasteiger charge is -2.27. The minimum Gasteiger partial charge on any atom is -0.352 e. The summed E-state index contributed by atoms with van der Waals surface area (Å²) >= 11 is 5.91. The maximum atomic E-state index is 12.0. The molecule has 2 N–H and O–H groups in total. The minimum absolute atomic E-state index is 0. The Bertz CT molecular complexity index is 426. The molecule has 1 aromatic rings. The predicted octanol–water partition coefficient (Wildman–Crippen LogP) is 2.77. The largest absolute Gasteiger partial charge is 0.352 e. The molecular formula is C14H20Cl2N2O. The molecule has 0 radical (unpaired) electrons. The molecule has 0 spiro atoms. The number of carbonyl (C=O) groups is 1. The van der Waals surface area contributed by atoms with Crippen LogP contribution in [-0.4, -0.2) is 18.5 Å². The first-order chi connectivity index (χ1) is 8.65. The normalized spacial score (nSPS) is 22.4. The van der Waals surface area contributed by atoms with Crippen LogP contribution in [0.15, 0.2) is 24.3 Å². The summed E-state index contributed by atoms with van der Waals surface area (Å²) in [6, 6.07) is 8.02. The maximum Gasteiger partial charge on any atom is 0.223 e. The molecule has 2 rings (SSSR count). The van der Waals surface area contributed by atoms with E-state index in [0.717, 1.165) is 24.9 Å². The van der Waals surface area contributed by atoms with Gasteiger partial charge in [-0.3, -0.25) is 4.79 Å². The van der Waals surface area contributed by atoms with Gasteiger partial charge in [-0.25, -0.2) is 0 Å². The smallest absolute Gasteiger partial charge is 0.223 e. The van der Waals surface area contributed by atoms with E-state index in [4.69, 9.17) is 11.6 Å². The highest BCUT2D eigenvalue weighted by atomic mass is 35.5. The van der Waals surface area contributed by atoms with Crippen LogP contribution in [0.3, 0.4) is 0 Å². The molecule has 1 aromatic carbocycles. The molecule has 1 fully saturated rings. The quantitative estimate of drug-likeness (QED) is 0.901. The topological polar surface area (TPSA) is 41.1 Å². The second kappa shape index (κ2) is 7.73. The third-order valence-electron chi connectivity index (χ3n) is 3.35. The van der Waals surface area contributed by atoms with Crippen molar-refractivity contribution in [2.45, 2.75) is 32.4 Å². The zero-order chi connectivity index (χ0) is 13.0. The van der Waals surface area contributed by atoms with Gasteiger partial charge in [-0.05, 0) is 44.0 Å². The van der Waals surface area contributed by atoms with Crippen LogP contribution in [0, 0.1) is 5.92 Å². The van der Waals surface area contributed by atoms with Crippen molar-refractivity contribution in [3.05, 3.63) is 34.9 Å². The molecule has 0 aromatic heterocycles. The summed E-state index contributed by atoms with van der Waals surface area (Å²) in [5.41, 5.74) is 1.04. The van der Waals surface area contributed by atoms with Gasteiger partial charge in [0.2, 0.25) is 5.91 Å². The number of benzene rings is 1. The highest BCUT2D eigenvalue weighted by molar-refractivity contribution is 6.30. The predicted molar refractivity (Wildman–Crippen MR) is 80.7 cm³/mol. The van der Waals surface area contributed by atoms with Crippen molar-refractivity contribution in [2.24, 2.45) is 5.92 Å². The van der Waals surface area contributed by atoms with E-state index in [1.165, 1.54) is 0 Å². The summed E-state index contributed by atoms with van der Waals surface area (Å²) in [4.78, 5) is 12.0. The van der Waals surface area contributed by atoms with E-state index in [0.29, 0.717) is 17.6 Å². The average Bonchev–Trinajstić information content (AvgIpc) is 2.36. The molecular weight excluding hydrogens is 283 g/mol. The van der Waals surface area contributed by atoms with Crippen molar-refractivity contribution in [3.8, 4) is 0 Å². The molecule has 0 bridgehead atoms. The number of rotatable bonds is 3. The molecule has 0 unspecified atom stereocenters. The van der Waals surface area contributed by atoms with Gasteiger partial charge in [-0.2, -0.15) is 0 Å². The van der Waals surface area contributed by atoms with E-state index in [1.54, 1.807) is 0 Å². The monoisotopic (exact) mass is 302 g/mol. The Hall–Kier alpha value is -0.770. The fraction of sp³-hybridized carbons (Fsp3) is 0.500. The van der Waals surface area contributed by atoms with Gasteiger partial charge in [-0.1, -0.05) is 23.7 Å². The molecule has 1 aliphatic heterocycles. The van der Waals surface area contributed by atoms with Gasteiger partial charge in [0.05, 0.1) is 0 Å². The van der Waals surface area contributed by atoms with Crippen LogP contribution < -0.4 is 10.6 Å². The molecule has 2 atom stereocenters. The van der Waals surface area contributed by atoms with Gasteiger partial charge < -0.3 is 10.6 Å². The molecule has 1 saturated heterocycles. The van der Waals surface area contributed by atoms with Crippen molar-refractivity contribution in [2.75, 3.05) is 6.54 Å². The Morgan fingerprint density at radius 2 is 2.32 bits per heavy atom. The second-order valence-corrected chi connectivity index (χ2v) is 5.36. The summed E-state index contributed by atoms with van der Waals surface area (Å²) in [5.74, 6) is 0.295. The zero-order valence-corrected chi connectivity index (χ0v) is 12.6. The van der Waals surface area contributed by atoms with Crippen LogP contribution in [-0.2, 0) is 11.3 Å². The fourth-order valence-corrected chi connectivity index (χ4v) is 2.56. The van der Waals surface area contributed by atoms with Gasteiger partial charge in [0.1, 0.15) is 0 Å². The molecule has 0 aliphatic carbocycles. The summed E-state index contributed by atoms with van der Waals surface area (Å²) < 4.78 is 0. The Labute approximate surface area is 125 Å². The van der Waals surface area contributed by atoms with E-state index < -0.39 is 0 Å². The highest BCUT2D eigenvalue weighted by Gasteiger charge is 2.24. The average molecular weight is 303 g/mol. The molecule has 5 heteroatoms. The number of piperidine rings is 1. The third-order valence-corrected chi connectivity index (χ3v) is 3.59. The van der Waals surface area contributed by atoms with Crippen LogP contribution in [0.2, 0.25) is 5.02 Å². The van der Waals surface area contributed by atoms with E-state index in [9.17, 15) is 4.79 Å². The summed E-state index contributed by atoms with van der Waals surface area (Å²) in [6.45, 7) is 3.60. The second-order valence-electron chi connectivity index (χ2n) is 4.92. The standard InChI is InChI=1S/C14H19ClN2O.ClH/c1-10-7-12(5-6-16-10)14(18)17-9-11-3-2-4-13(15)8-11;/h2-4,8,10,12,16H,5-7,9H2,1H3,(H,17,18);1H/t10-,12-;/m0./s1. The summed E-state index contributed by atoms with van der Waals surface area (Å²) in [7, 11) is 0. The lowest BCUT2D eigenvalue weighted by atomic mass is 9.92. The van der Waals surface area contributed by atoms with Crippen molar-refractivity contribution in [3.63, 3.8) is 0 Å². The van der Waals surface area contributed by atoms with E-state index in [2.05, 4.69) is 17.6 Å². The first kappa shape index (κ1) is 16.3. The third kappa shape index (κ3) is 5.01. The van der Waals surface area contributed by atoms with Crippen LogP contribution in [0.4, 0.5) is 0 Å². The molecule has 0 saturated carbocycles. The van der Waals surface area contributed by atoms with Crippen molar-refractivity contribution < 1.29 is 4.79 Å². The first-order valence-electron chi connectivity index (χ1n) is 6.40. The van der Waals surface area contributed by atoms with Crippen molar-refractivity contribution >= 4 is 29.9 Å². The van der Waals surface area contributed by atoms with Crippen LogP contribution in [0.5, 0.6) is 0 Å². The summed E-state index contributed by atoms with van der Waals surface area (Å²) in [5, 5.41) is 7.05. The molecule has 1 amide bonds. The van der Waals surface area contributed by atoms with Gasteiger partial charge >= 0.3 is 0 Å². The minimum atomic E-state index is 0. The highest BCUT2D eigenvalue weighted by Crippen LogP contribution is 2.16. The lowest BCUT2D eigenvalue weighted by Crippen LogP contribution is -2.42. The lowest BCUT2D eigenvalue weighted by molar-refractivity contribution is -0.126. The van der Waals surface area contributed by atoms with Gasteiger partial charge in [0.15, 0.2) is 0 Å². The summed E-state index contributed by atoms with van der Waals surface area (Å²) in [6.07, 6.45) is 1.84. The van der Waals surface area contributed by atoms with Crippen molar-refractivity contribution in [1.29, 1.82) is 0 Å². The SMILES string of the molecule is C[C@H]1C[C@@H](C(=O)NCc2cccc(Cl)c2)CCN1.Cl. The van der Waals surface area contributed by atoms with Gasteiger partial charge in [-0.15, -0.1) is 12.4 Å². The number of amides is 1. The Morgan fingerprint density at radius 1 is 1.53 bits per heavy atom. The Balaban J connectivity index is 0.00000180. The number of hydrogen-bond acceptors (Lipinski definition) is 2. The van der Waals surface area contributed by atoms with Crippen LogP contribution in [0.25, 0.3) is 0 Å². The van der Waals surface area contributed by atoms with E-state index in [-0.39, 0.29) is 24.2 Å². The molecule has 1 heterocycles. The number of carbonyl (C=O) groups excluding carboxylic acids is 1. The Morgan fingerprint density at radius 3 is 3.00 bits per heavy atom.